The van der Waals surface area contributed by atoms with E-state index < -0.39 is 17.2 Å². The van der Waals surface area contributed by atoms with Gasteiger partial charge in [-0.25, -0.2) is 0 Å². The Bertz CT molecular complexity index is 564. The summed E-state index contributed by atoms with van der Waals surface area (Å²) in [4.78, 5) is 13.8. The first-order chi connectivity index (χ1) is 9.33. The number of nitrogens with one attached hydrogen (secondary N) is 1. The fraction of sp³-hybridized carbons (Fsp3) is 0.500. The van der Waals surface area contributed by atoms with Gasteiger partial charge in [0, 0.05) is 13.6 Å². The van der Waals surface area contributed by atoms with Gasteiger partial charge in [0.25, 0.3) is 0 Å². The van der Waals surface area contributed by atoms with E-state index in [4.69, 9.17) is 0 Å². The maximum atomic E-state index is 13.1. The topological polar surface area (TPSA) is 32.3 Å². The second-order valence-corrected chi connectivity index (χ2v) is 5.64. The number of anilines is 2. The molecule has 1 fully saturated rings. The van der Waals surface area contributed by atoms with Gasteiger partial charge in [0.1, 0.15) is 0 Å². The van der Waals surface area contributed by atoms with Gasteiger partial charge >= 0.3 is 6.18 Å². The number of fused-ring (bicyclic) bond motifs is 1. The lowest BCUT2D eigenvalue weighted by atomic mass is 9.68. The van der Waals surface area contributed by atoms with Gasteiger partial charge < -0.3 is 10.2 Å². The molecule has 1 heterocycles. The van der Waals surface area contributed by atoms with Crippen LogP contribution in [0.15, 0.2) is 18.2 Å². The SMILES string of the molecule is CN1CC2(CCC2)C(=O)Nc2cccc(C(F)(F)F)c21. The number of benzene rings is 1. The van der Waals surface area contributed by atoms with Crippen LogP contribution < -0.4 is 10.2 Å². The number of rotatable bonds is 0. The molecule has 1 N–H and O–H groups in total. The van der Waals surface area contributed by atoms with Crippen molar-refractivity contribution in [1.82, 2.24) is 0 Å². The van der Waals surface area contributed by atoms with E-state index in [1.165, 1.54) is 12.1 Å². The van der Waals surface area contributed by atoms with Crippen LogP contribution in [0.2, 0.25) is 0 Å². The van der Waals surface area contributed by atoms with Gasteiger partial charge in [-0.2, -0.15) is 13.2 Å². The van der Waals surface area contributed by atoms with Crippen LogP contribution in [0.3, 0.4) is 0 Å². The van der Waals surface area contributed by atoms with Crippen molar-refractivity contribution in [3.8, 4) is 0 Å². The lowest BCUT2D eigenvalue weighted by Gasteiger charge is -2.41. The van der Waals surface area contributed by atoms with Crippen LogP contribution in [0, 0.1) is 5.41 Å². The minimum Gasteiger partial charge on any atom is -0.371 e. The van der Waals surface area contributed by atoms with Gasteiger partial charge in [0.05, 0.1) is 22.4 Å². The van der Waals surface area contributed by atoms with Crippen molar-refractivity contribution in [1.29, 1.82) is 0 Å². The molecular weight excluding hydrogens is 269 g/mol. The Kier molecular flexibility index (Phi) is 2.74. The van der Waals surface area contributed by atoms with E-state index in [0.29, 0.717) is 6.54 Å². The van der Waals surface area contributed by atoms with Gasteiger partial charge in [0.15, 0.2) is 0 Å². The van der Waals surface area contributed by atoms with Gasteiger partial charge in [-0.3, -0.25) is 4.79 Å². The molecule has 0 saturated heterocycles. The molecule has 1 aliphatic heterocycles. The Hall–Kier alpha value is -1.72. The molecule has 20 heavy (non-hydrogen) atoms. The molecule has 1 amide bonds. The van der Waals surface area contributed by atoms with Crippen LogP contribution >= 0.6 is 0 Å². The fourth-order valence-electron chi connectivity index (χ4n) is 3.13. The number of carbonyl (C=O) groups excluding carboxylic acids is 1. The van der Waals surface area contributed by atoms with Gasteiger partial charge in [-0.05, 0) is 25.0 Å². The third-order valence-corrected chi connectivity index (χ3v) is 4.30. The molecular formula is C14H15F3N2O. The summed E-state index contributed by atoms with van der Waals surface area (Å²) in [6, 6.07) is 3.91. The van der Waals surface area contributed by atoms with Gasteiger partial charge in [-0.15, -0.1) is 0 Å². The number of para-hydroxylation sites is 1. The number of hydrogen-bond donors (Lipinski definition) is 1. The Morgan fingerprint density at radius 2 is 2.00 bits per heavy atom. The van der Waals surface area contributed by atoms with Crippen LogP contribution in [-0.2, 0) is 11.0 Å². The quantitative estimate of drug-likeness (QED) is 0.793. The van der Waals surface area contributed by atoms with E-state index in [1.807, 2.05) is 0 Å². The third-order valence-electron chi connectivity index (χ3n) is 4.30. The summed E-state index contributed by atoms with van der Waals surface area (Å²) in [5.74, 6) is -0.159. The van der Waals surface area contributed by atoms with Gasteiger partial charge in [0.2, 0.25) is 5.91 Å². The number of amides is 1. The number of halogens is 3. The smallest absolute Gasteiger partial charge is 0.371 e. The standard InChI is InChI=1S/C14H15F3N2O/c1-19-8-13(6-3-7-13)12(20)18-10-5-2-4-9(11(10)19)14(15,16)17/h2,4-5H,3,6-8H2,1H3,(H,18,20). The molecule has 1 spiro atoms. The number of alkyl halides is 3. The molecule has 0 bridgehead atoms. The lowest BCUT2D eigenvalue weighted by Crippen LogP contribution is -2.47. The highest BCUT2D eigenvalue weighted by molar-refractivity contribution is 6.01. The highest BCUT2D eigenvalue weighted by Crippen LogP contribution is 2.48. The average Bonchev–Trinajstić information content (AvgIpc) is 2.42. The van der Waals surface area contributed by atoms with Crippen molar-refractivity contribution in [3.05, 3.63) is 23.8 Å². The summed E-state index contributed by atoms with van der Waals surface area (Å²) in [5, 5.41) is 2.68. The van der Waals surface area contributed by atoms with E-state index in [0.717, 1.165) is 25.3 Å². The zero-order valence-corrected chi connectivity index (χ0v) is 11.0. The zero-order chi connectivity index (χ0) is 14.5. The van der Waals surface area contributed by atoms with Crippen molar-refractivity contribution in [2.45, 2.75) is 25.4 Å². The Morgan fingerprint density at radius 1 is 1.30 bits per heavy atom. The summed E-state index contributed by atoms with van der Waals surface area (Å²) in [6.07, 6.45) is -2.01. The van der Waals surface area contributed by atoms with E-state index in [9.17, 15) is 18.0 Å². The van der Waals surface area contributed by atoms with Crippen LogP contribution in [0.4, 0.5) is 24.5 Å². The molecule has 108 valence electrons. The molecule has 0 radical (unpaired) electrons. The molecule has 1 aromatic rings. The highest BCUT2D eigenvalue weighted by Gasteiger charge is 2.48. The molecule has 6 heteroatoms. The first kappa shape index (κ1) is 13.3. The largest absolute Gasteiger partial charge is 0.418 e. The van der Waals surface area contributed by atoms with E-state index in [1.54, 1.807) is 11.9 Å². The maximum Gasteiger partial charge on any atom is 0.418 e. The number of nitrogens with zero attached hydrogens (tertiary/aromatic N) is 1. The second kappa shape index (κ2) is 4.14. The van der Waals surface area contributed by atoms with Crippen molar-refractivity contribution in [2.75, 3.05) is 23.8 Å². The predicted molar refractivity (Wildman–Crippen MR) is 69.6 cm³/mol. The van der Waals surface area contributed by atoms with Crippen molar-refractivity contribution in [3.63, 3.8) is 0 Å². The highest BCUT2D eigenvalue weighted by atomic mass is 19.4. The summed E-state index contributed by atoms with van der Waals surface area (Å²) >= 11 is 0. The summed E-state index contributed by atoms with van der Waals surface area (Å²) in [6.45, 7) is 0.332. The fourth-order valence-corrected chi connectivity index (χ4v) is 3.13. The molecule has 1 aliphatic carbocycles. The molecule has 1 saturated carbocycles. The normalized spacial score (nSPS) is 21.0. The Morgan fingerprint density at radius 3 is 2.55 bits per heavy atom. The predicted octanol–water partition coefficient (Wildman–Crippen LogP) is 3.26. The number of carbonyl (C=O) groups is 1. The summed E-state index contributed by atoms with van der Waals surface area (Å²) in [5.41, 5.74) is -0.918. The number of hydrogen-bond acceptors (Lipinski definition) is 2. The molecule has 0 unspecified atom stereocenters. The van der Waals surface area contributed by atoms with E-state index >= 15 is 0 Å². The van der Waals surface area contributed by atoms with Gasteiger partial charge in [-0.1, -0.05) is 12.5 Å². The van der Waals surface area contributed by atoms with Crippen molar-refractivity contribution >= 4 is 17.3 Å². The van der Waals surface area contributed by atoms with Crippen LogP contribution in [0.5, 0.6) is 0 Å². The summed E-state index contributed by atoms with van der Waals surface area (Å²) in [7, 11) is 1.62. The van der Waals surface area contributed by atoms with Crippen LogP contribution in [0.25, 0.3) is 0 Å². The van der Waals surface area contributed by atoms with Crippen molar-refractivity contribution < 1.29 is 18.0 Å². The molecule has 1 aromatic carbocycles. The third kappa shape index (κ3) is 1.85. The first-order valence-electron chi connectivity index (χ1n) is 6.56. The van der Waals surface area contributed by atoms with E-state index in [2.05, 4.69) is 5.32 Å². The Balaban J connectivity index is 2.10. The molecule has 0 aromatic heterocycles. The lowest BCUT2D eigenvalue weighted by molar-refractivity contribution is -0.137. The molecule has 3 nitrogen and oxygen atoms in total. The van der Waals surface area contributed by atoms with Crippen molar-refractivity contribution in [2.24, 2.45) is 5.41 Å². The van der Waals surface area contributed by atoms with E-state index in [-0.39, 0.29) is 17.3 Å². The average molecular weight is 284 g/mol. The second-order valence-electron chi connectivity index (χ2n) is 5.64. The first-order valence-corrected chi connectivity index (χ1v) is 6.56. The molecule has 2 aliphatic rings. The monoisotopic (exact) mass is 284 g/mol. The van der Waals surface area contributed by atoms with Crippen LogP contribution in [0.1, 0.15) is 24.8 Å². The zero-order valence-electron chi connectivity index (χ0n) is 11.0. The summed E-state index contributed by atoms with van der Waals surface area (Å²) < 4.78 is 39.4. The maximum absolute atomic E-state index is 13.1. The minimum atomic E-state index is -4.43. The minimum absolute atomic E-state index is 0.0668. The molecule has 0 atom stereocenters. The molecule has 3 rings (SSSR count). The van der Waals surface area contributed by atoms with Crippen LogP contribution in [-0.4, -0.2) is 19.5 Å². The Labute approximate surface area is 114 Å².